The van der Waals surface area contributed by atoms with Crippen LogP contribution in [0.15, 0.2) is 47.6 Å². The number of ketones is 1. The average molecular weight is 583 g/mol. The minimum absolute atomic E-state index is 0.0144. The minimum atomic E-state index is -1.58. The largest absolute Gasteiger partial charge is 0.462 e. The molecule has 0 radical (unpaired) electrons. The molecule has 0 unspecified atom stereocenters. The van der Waals surface area contributed by atoms with Crippen molar-refractivity contribution in [3.8, 4) is 0 Å². The van der Waals surface area contributed by atoms with Gasteiger partial charge in [-0.2, -0.15) is 0 Å². The lowest BCUT2D eigenvalue weighted by Crippen LogP contribution is -2.58. The van der Waals surface area contributed by atoms with Gasteiger partial charge in [0.05, 0.1) is 11.5 Å². The van der Waals surface area contributed by atoms with Crippen molar-refractivity contribution in [2.75, 3.05) is 0 Å². The van der Waals surface area contributed by atoms with Gasteiger partial charge in [0.15, 0.2) is 5.78 Å². The van der Waals surface area contributed by atoms with Gasteiger partial charge in [0.25, 0.3) is 0 Å². The van der Waals surface area contributed by atoms with E-state index in [1.165, 1.54) is 19.9 Å². The fourth-order valence-electron chi connectivity index (χ4n) is 7.40. The first-order valence-corrected chi connectivity index (χ1v) is 14.5. The maximum Gasteiger partial charge on any atom is 0.331 e. The Bertz CT molecular complexity index is 1280. The molecule has 2 N–H and O–H groups in total. The fourth-order valence-corrected chi connectivity index (χ4v) is 7.40. The second-order valence-electron chi connectivity index (χ2n) is 12.8. The highest BCUT2D eigenvalue weighted by Gasteiger charge is 2.58. The number of hydrogen-bond donors (Lipinski definition) is 2. The maximum atomic E-state index is 14.1. The molecular formula is C33H42O9. The van der Waals surface area contributed by atoms with Crippen molar-refractivity contribution in [2.24, 2.45) is 22.7 Å². The quantitative estimate of drug-likeness (QED) is 0.229. The van der Waals surface area contributed by atoms with Gasteiger partial charge in [-0.05, 0) is 54.4 Å². The van der Waals surface area contributed by atoms with Crippen LogP contribution in [0.1, 0.15) is 72.8 Å². The number of aliphatic hydroxyl groups excluding tert-OH is 2. The molecule has 9 nitrogen and oxygen atoms in total. The third-order valence-corrected chi connectivity index (χ3v) is 9.57. The van der Waals surface area contributed by atoms with Crippen molar-refractivity contribution in [1.82, 2.24) is 0 Å². The normalized spacial score (nSPS) is 34.5. The number of hydrogen-bond acceptors (Lipinski definition) is 9. The van der Waals surface area contributed by atoms with Crippen LogP contribution in [-0.4, -0.2) is 64.4 Å². The molecule has 1 aromatic rings. The summed E-state index contributed by atoms with van der Waals surface area (Å²) >= 11 is 0. The number of benzene rings is 1. The van der Waals surface area contributed by atoms with Crippen LogP contribution in [0.3, 0.4) is 0 Å². The standard InChI is InChI=1S/C33H42O9/c1-18-24(40-19(2)34)15-23-26(41-20(3)35)14-22-17-33(6,31(39)30(38)29(18)32(23,4)5)27(36)16-25(22)42-28(37)13-12-21-10-8-7-9-11-21/h7-13,22-27,30,36,38H,14-17H2,1-6H3/b13-12+/t22-,23-,24-,25-,26-,27-,30+,33-/m0/s1. The van der Waals surface area contributed by atoms with Crippen LogP contribution < -0.4 is 0 Å². The van der Waals surface area contributed by atoms with Crippen LogP contribution in [0.2, 0.25) is 0 Å². The zero-order valence-corrected chi connectivity index (χ0v) is 25.2. The van der Waals surface area contributed by atoms with Crippen LogP contribution in [0.4, 0.5) is 0 Å². The lowest BCUT2D eigenvalue weighted by Gasteiger charge is -2.53. The van der Waals surface area contributed by atoms with Crippen molar-refractivity contribution in [2.45, 2.75) is 97.7 Å². The van der Waals surface area contributed by atoms with E-state index in [1.54, 1.807) is 19.9 Å². The number of fused-ring (bicyclic) bond motifs is 4. The topological polar surface area (TPSA) is 136 Å². The maximum absolute atomic E-state index is 14.1. The van der Waals surface area contributed by atoms with Crippen LogP contribution in [-0.2, 0) is 33.4 Å². The predicted octanol–water partition coefficient (Wildman–Crippen LogP) is 3.95. The first-order chi connectivity index (χ1) is 19.6. The number of carbonyl (C=O) groups excluding carboxylic acids is 4. The summed E-state index contributed by atoms with van der Waals surface area (Å²) in [6.45, 7) is 9.75. The highest BCUT2D eigenvalue weighted by Crippen LogP contribution is 2.54. The lowest BCUT2D eigenvalue weighted by atomic mass is 9.55. The molecule has 4 rings (SSSR count). The van der Waals surface area contributed by atoms with Gasteiger partial charge < -0.3 is 24.4 Å². The summed E-state index contributed by atoms with van der Waals surface area (Å²) in [5, 5.41) is 23.0. The average Bonchev–Trinajstić information content (AvgIpc) is 2.90. The summed E-state index contributed by atoms with van der Waals surface area (Å²) in [4.78, 5) is 51.4. The van der Waals surface area contributed by atoms with Crippen LogP contribution in [0, 0.1) is 22.7 Å². The molecular weight excluding hydrogens is 540 g/mol. The molecule has 4 bridgehead atoms. The highest BCUT2D eigenvalue weighted by atomic mass is 16.6. The monoisotopic (exact) mass is 582 g/mol. The summed E-state index contributed by atoms with van der Waals surface area (Å²) in [5.41, 5.74) is -0.387. The van der Waals surface area contributed by atoms with E-state index >= 15 is 0 Å². The first kappa shape index (κ1) is 31.6. The zero-order valence-electron chi connectivity index (χ0n) is 25.2. The summed E-state index contributed by atoms with van der Waals surface area (Å²) in [7, 11) is 0. The molecule has 3 aliphatic carbocycles. The van der Waals surface area contributed by atoms with Gasteiger partial charge >= 0.3 is 17.9 Å². The fraction of sp³-hybridized carbons (Fsp3) is 0.576. The van der Waals surface area contributed by atoms with Crippen molar-refractivity contribution < 1.29 is 43.6 Å². The van der Waals surface area contributed by atoms with Gasteiger partial charge in [0, 0.05) is 38.2 Å². The van der Waals surface area contributed by atoms with E-state index in [4.69, 9.17) is 14.2 Å². The molecule has 8 atom stereocenters. The van der Waals surface area contributed by atoms with E-state index in [-0.39, 0.29) is 19.3 Å². The smallest absolute Gasteiger partial charge is 0.331 e. The summed E-state index contributed by atoms with van der Waals surface area (Å²) in [6.07, 6.45) is -1.36. The Balaban J connectivity index is 1.76. The number of ether oxygens (including phenoxy) is 3. The summed E-state index contributed by atoms with van der Waals surface area (Å²) in [5.74, 6) is -3.05. The molecule has 0 heterocycles. The Hall–Kier alpha value is -3.30. The SMILES string of the molecule is CC(=O)O[C@H]1C[C@H]2[C@@H](OC(C)=O)C[C@H]3C[C@](C)(C(=O)[C@H](O)C(=C1C)C2(C)C)[C@@H](O)C[C@@H]3OC(=O)/C=C/c1ccccc1. The molecule has 0 saturated heterocycles. The second kappa shape index (κ2) is 12.1. The number of esters is 3. The molecule has 9 heteroatoms. The molecule has 2 fully saturated rings. The molecule has 0 aromatic heterocycles. The number of Topliss-reactive ketones (excluding diaryl/α,β-unsaturated/α-hetero) is 1. The molecule has 0 amide bonds. The Labute approximate surface area is 246 Å². The zero-order chi connectivity index (χ0) is 31.0. The van der Waals surface area contributed by atoms with Crippen molar-refractivity contribution in [3.63, 3.8) is 0 Å². The van der Waals surface area contributed by atoms with E-state index in [9.17, 15) is 29.4 Å². The third kappa shape index (κ3) is 6.22. The third-order valence-electron chi connectivity index (χ3n) is 9.57. The Morgan fingerprint density at radius 2 is 1.55 bits per heavy atom. The van der Waals surface area contributed by atoms with E-state index in [2.05, 4.69) is 0 Å². The number of carbonyl (C=O) groups is 4. The molecule has 42 heavy (non-hydrogen) atoms. The Kier molecular flexibility index (Phi) is 9.14. The van der Waals surface area contributed by atoms with E-state index in [1.807, 2.05) is 44.2 Å². The predicted molar refractivity (Wildman–Crippen MR) is 154 cm³/mol. The number of rotatable bonds is 5. The molecule has 1 aromatic carbocycles. The Morgan fingerprint density at radius 3 is 2.17 bits per heavy atom. The molecule has 228 valence electrons. The van der Waals surface area contributed by atoms with Gasteiger partial charge in [-0.1, -0.05) is 51.1 Å². The molecule has 3 aliphatic rings. The van der Waals surface area contributed by atoms with Gasteiger partial charge in [-0.25, -0.2) is 4.79 Å². The second-order valence-corrected chi connectivity index (χ2v) is 12.8. The molecule has 0 aliphatic heterocycles. The molecule has 2 saturated carbocycles. The molecule has 0 spiro atoms. The van der Waals surface area contributed by atoms with Crippen LogP contribution in [0.25, 0.3) is 6.08 Å². The highest BCUT2D eigenvalue weighted by molar-refractivity contribution is 5.92. The Morgan fingerprint density at radius 1 is 0.905 bits per heavy atom. The van der Waals surface area contributed by atoms with E-state index < -0.39 is 76.9 Å². The summed E-state index contributed by atoms with van der Waals surface area (Å²) < 4.78 is 17.4. The van der Waals surface area contributed by atoms with E-state index in [0.29, 0.717) is 17.6 Å². The minimum Gasteiger partial charge on any atom is -0.462 e. The van der Waals surface area contributed by atoms with E-state index in [0.717, 1.165) is 5.56 Å². The van der Waals surface area contributed by atoms with Crippen molar-refractivity contribution in [1.29, 1.82) is 0 Å². The summed E-state index contributed by atoms with van der Waals surface area (Å²) in [6, 6.07) is 9.27. The van der Waals surface area contributed by atoms with Crippen molar-refractivity contribution in [3.05, 3.63) is 53.1 Å². The van der Waals surface area contributed by atoms with Gasteiger partial charge in [0.1, 0.15) is 24.4 Å². The van der Waals surface area contributed by atoms with Crippen LogP contribution >= 0.6 is 0 Å². The van der Waals surface area contributed by atoms with Crippen LogP contribution in [0.5, 0.6) is 0 Å². The van der Waals surface area contributed by atoms with Gasteiger partial charge in [0.2, 0.25) is 0 Å². The van der Waals surface area contributed by atoms with Gasteiger partial charge in [-0.15, -0.1) is 0 Å². The first-order valence-electron chi connectivity index (χ1n) is 14.5. The van der Waals surface area contributed by atoms with Gasteiger partial charge in [-0.3, -0.25) is 14.4 Å². The van der Waals surface area contributed by atoms with Crippen molar-refractivity contribution >= 4 is 29.8 Å². The number of aliphatic hydroxyl groups is 2. The lowest BCUT2D eigenvalue weighted by molar-refractivity contribution is -0.176.